The molecule has 3 rings (SSSR count). The minimum absolute atomic E-state index is 0.327. The number of allylic oxidation sites excluding steroid dienone is 1. The van der Waals surface area contributed by atoms with Crippen molar-refractivity contribution in [1.29, 1.82) is 0 Å². The highest BCUT2D eigenvalue weighted by atomic mass is 32.1. The molecule has 1 aromatic carbocycles. The third kappa shape index (κ3) is 4.46. The summed E-state index contributed by atoms with van der Waals surface area (Å²) in [4.78, 5) is 27.5. The number of esters is 2. The quantitative estimate of drug-likeness (QED) is 0.332. The van der Waals surface area contributed by atoms with Crippen molar-refractivity contribution in [2.45, 2.75) is 34.6 Å². The second kappa shape index (κ2) is 9.26. The van der Waals surface area contributed by atoms with Crippen LogP contribution in [0, 0.1) is 6.92 Å². The van der Waals surface area contributed by atoms with Crippen molar-refractivity contribution in [3.63, 3.8) is 0 Å². The van der Waals surface area contributed by atoms with Gasteiger partial charge in [0, 0.05) is 23.7 Å². The molecule has 0 saturated carbocycles. The van der Waals surface area contributed by atoms with E-state index in [2.05, 4.69) is 56.0 Å². The number of thiophene rings is 1. The van der Waals surface area contributed by atoms with Gasteiger partial charge in [0.15, 0.2) is 0 Å². The Morgan fingerprint density at radius 1 is 1.03 bits per heavy atom. The van der Waals surface area contributed by atoms with E-state index >= 15 is 0 Å². The minimum Gasteiger partial charge on any atom is -0.386 e. The molecule has 1 aromatic heterocycles. The fraction of sp³-hybridized carbons (Fsp3) is 0.280. The molecular formula is C25H27NO3S. The summed E-state index contributed by atoms with van der Waals surface area (Å²) in [5, 5.41) is 1.98. The second-order valence-corrected chi connectivity index (χ2v) is 8.34. The number of hydrogen-bond donors (Lipinski definition) is 0. The Hall–Kier alpha value is -2.92. The lowest BCUT2D eigenvalue weighted by Gasteiger charge is -2.21. The normalized spacial score (nSPS) is 15.4. The van der Waals surface area contributed by atoms with Gasteiger partial charge in [-0.15, -0.1) is 11.3 Å². The van der Waals surface area contributed by atoms with Crippen LogP contribution in [-0.2, 0) is 14.3 Å². The van der Waals surface area contributed by atoms with Crippen LogP contribution in [0.3, 0.4) is 0 Å². The molecule has 4 nitrogen and oxygen atoms in total. The molecule has 1 fully saturated rings. The van der Waals surface area contributed by atoms with Gasteiger partial charge in [-0.3, -0.25) is 0 Å². The van der Waals surface area contributed by atoms with Gasteiger partial charge in [0.1, 0.15) is 0 Å². The van der Waals surface area contributed by atoms with E-state index in [-0.39, 0.29) is 0 Å². The SMILES string of the molecule is CCN(CC)c1ccc(C)c(C=Cc2sccc2C=C2C(=O)OC(=O)C2=C(C)C)c1. The summed E-state index contributed by atoms with van der Waals surface area (Å²) in [6.07, 6.45) is 5.93. The van der Waals surface area contributed by atoms with Gasteiger partial charge in [0.05, 0.1) is 11.1 Å². The molecule has 1 saturated heterocycles. The fourth-order valence-corrected chi connectivity index (χ4v) is 4.28. The van der Waals surface area contributed by atoms with Gasteiger partial charge in [-0.05, 0) is 87.0 Å². The minimum atomic E-state index is -0.583. The van der Waals surface area contributed by atoms with Crippen LogP contribution in [0.1, 0.15) is 49.3 Å². The van der Waals surface area contributed by atoms with Crippen LogP contribution in [0.25, 0.3) is 18.2 Å². The zero-order valence-electron chi connectivity index (χ0n) is 18.1. The number of hydrogen-bond acceptors (Lipinski definition) is 5. The molecule has 156 valence electrons. The van der Waals surface area contributed by atoms with Crippen molar-refractivity contribution < 1.29 is 14.3 Å². The molecule has 0 atom stereocenters. The van der Waals surface area contributed by atoms with Crippen molar-refractivity contribution >= 4 is 47.2 Å². The largest absolute Gasteiger partial charge is 0.386 e. The van der Waals surface area contributed by atoms with E-state index in [0.717, 1.165) is 34.7 Å². The Balaban J connectivity index is 1.95. The van der Waals surface area contributed by atoms with Gasteiger partial charge in [0.2, 0.25) is 0 Å². The van der Waals surface area contributed by atoms with Gasteiger partial charge in [0.25, 0.3) is 0 Å². The van der Waals surface area contributed by atoms with E-state index < -0.39 is 11.9 Å². The van der Waals surface area contributed by atoms with Gasteiger partial charge >= 0.3 is 11.9 Å². The van der Waals surface area contributed by atoms with Crippen LogP contribution in [0.15, 0.2) is 46.4 Å². The molecule has 1 aliphatic rings. The smallest absolute Gasteiger partial charge is 0.346 e. The lowest BCUT2D eigenvalue weighted by molar-refractivity contribution is -0.149. The van der Waals surface area contributed by atoms with E-state index in [4.69, 9.17) is 4.74 Å². The van der Waals surface area contributed by atoms with E-state index in [1.165, 1.54) is 11.3 Å². The van der Waals surface area contributed by atoms with Crippen LogP contribution in [0.2, 0.25) is 0 Å². The van der Waals surface area contributed by atoms with Crippen LogP contribution >= 0.6 is 11.3 Å². The molecule has 0 radical (unpaired) electrons. The number of anilines is 1. The molecule has 0 aliphatic carbocycles. The number of aryl methyl sites for hydroxylation is 1. The van der Waals surface area contributed by atoms with Crippen molar-refractivity contribution in [2.24, 2.45) is 0 Å². The predicted molar refractivity (Wildman–Crippen MR) is 125 cm³/mol. The van der Waals surface area contributed by atoms with Crippen molar-refractivity contribution in [1.82, 2.24) is 0 Å². The monoisotopic (exact) mass is 421 g/mol. The first-order valence-electron chi connectivity index (χ1n) is 10.1. The zero-order chi connectivity index (χ0) is 21.8. The van der Waals surface area contributed by atoms with E-state index in [0.29, 0.717) is 11.1 Å². The van der Waals surface area contributed by atoms with Gasteiger partial charge in [-0.1, -0.05) is 17.7 Å². The average molecular weight is 422 g/mol. The fourth-order valence-electron chi connectivity index (χ4n) is 3.51. The number of rotatable bonds is 6. The Bertz CT molecular complexity index is 1060. The Morgan fingerprint density at radius 2 is 1.77 bits per heavy atom. The van der Waals surface area contributed by atoms with Crippen molar-refractivity contribution in [3.8, 4) is 0 Å². The third-order valence-electron chi connectivity index (χ3n) is 5.21. The summed E-state index contributed by atoms with van der Waals surface area (Å²) < 4.78 is 4.81. The zero-order valence-corrected chi connectivity index (χ0v) is 18.9. The van der Waals surface area contributed by atoms with Gasteiger partial charge in [-0.2, -0.15) is 0 Å². The number of nitrogens with zero attached hydrogens (tertiary/aromatic N) is 1. The lowest BCUT2D eigenvalue weighted by Crippen LogP contribution is -2.21. The molecule has 0 bridgehead atoms. The second-order valence-electron chi connectivity index (χ2n) is 7.40. The maximum atomic E-state index is 12.2. The molecule has 0 unspecified atom stereocenters. The van der Waals surface area contributed by atoms with E-state index in [1.807, 2.05) is 25.3 Å². The first-order chi connectivity index (χ1) is 14.3. The maximum Gasteiger partial charge on any atom is 0.346 e. The highest BCUT2D eigenvalue weighted by Gasteiger charge is 2.34. The highest BCUT2D eigenvalue weighted by Crippen LogP contribution is 2.30. The lowest BCUT2D eigenvalue weighted by atomic mass is 10.0. The summed E-state index contributed by atoms with van der Waals surface area (Å²) in [6, 6.07) is 8.46. The summed E-state index contributed by atoms with van der Waals surface area (Å²) in [5.74, 6) is -1.15. The number of carbonyl (C=O) groups is 2. The molecule has 30 heavy (non-hydrogen) atoms. The van der Waals surface area contributed by atoms with Crippen LogP contribution in [0.4, 0.5) is 5.69 Å². The molecule has 0 N–H and O–H groups in total. The topological polar surface area (TPSA) is 46.6 Å². The average Bonchev–Trinajstić information content (AvgIpc) is 3.26. The third-order valence-corrected chi connectivity index (χ3v) is 6.11. The van der Waals surface area contributed by atoms with Gasteiger partial charge in [-0.25, -0.2) is 9.59 Å². The van der Waals surface area contributed by atoms with Crippen molar-refractivity contribution in [3.05, 3.63) is 67.9 Å². The van der Waals surface area contributed by atoms with E-state index in [1.54, 1.807) is 17.4 Å². The summed E-state index contributed by atoms with van der Waals surface area (Å²) in [7, 11) is 0. The van der Waals surface area contributed by atoms with Crippen molar-refractivity contribution in [2.75, 3.05) is 18.0 Å². The van der Waals surface area contributed by atoms with E-state index in [9.17, 15) is 9.59 Å². The molecule has 1 aliphatic heterocycles. The van der Waals surface area contributed by atoms with Crippen LogP contribution < -0.4 is 4.90 Å². The highest BCUT2D eigenvalue weighted by molar-refractivity contribution is 7.11. The number of ether oxygens (including phenoxy) is 1. The molecule has 2 aromatic rings. The molecule has 5 heteroatoms. The predicted octanol–water partition coefficient (Wildman–Crippen LogP) is 5.88. The molecule has 0 amide bonds. The number of carbonyl (C=O) groups excluding carboxylic acids is 2. The number of benzene rings is 1. The Kier molecular flexibility index (Phi) is 6.73. The molecular weight excluding hydrogens is 394 g/mol. The summed E-state index contributed by atoms with van der Waals surface area (Å²) >= 11 is 1.59. The molecule has 2 heterocycles. The first kappa shape index (κ1) is 21.8. The first-order valence-corrected chi connectivity index (χ1v) is 11.0. The Labute approximate surface area is 182 Å². The van der Waals surface area contributed by atoms with Crippen LogP contribution in [0.5, 0.6) is 0 Å². The van der Waals surface area contributed by atoms with Gasteiger partial charge < -0.3 is 9.64 Å². The maximum absolute atomic E-state index is 12.2. The Morgan fingerprint density at radius 3 is 2.43 bits per heavy atom. The molecule has 0 spiro atoms. The van der Waals surface area contributed by atoms with Crippen LogP contribution in [-0.4, -0.2) is 25.0 Å². The standard InChI is InChI=1S/C25H27NO3S/c1-6-26(7-2)20-10-8-17(5)18(14-20)9-11-22-19(12-13-30-22)15-21-23(16(3)4)25(28)29-24(21)27/h8-15H,6-7H2,1-5H3. The summed E-state index contributed by atoms with van der Waals surface area (Å²) in [5.41, 5.74) is 5.93. The summed E-state index contributed by atoms with van der Waals surface area (Å²) in [6.45, 7) is 12.0. The number of cyclic esters (lactones) is 2.